The number of carbonyl (C=O) groups is 1. The van der Waals surface area contributed by atoms with Crippen LogP contribution < -0.4 is 0 Å². The molecule has 1 atom stereocenters. The number of hydrogen-bond donors (Lipinski definition) is 0. The third-order valence-corrected chi connectivity index (χ3v) is 3.45. The van der Waals surface area contributed by atoms with Gasteiger partial charge in [-0.05, 0) is 31.0 Å². The SMILES string of the molecule is CON(C(=O)c1cccnc1C(F)F)[C@H](C)Cc1ccccc1. The standard InChI is InChI=1S/C17H18F2N2O2/c1-12(11-13-7-4-3-5-8-13)21(23-2)17(22)14-9-6-10-20-15(14)16(18)19/h3-10,12,16H,11H2,1-2H3/t12-/m1/s1. The van der Waals surface area contributed by atoms with Crippen LogP contribution >= 0.6 is 0 Å². The Morgan fingerprint density at radius 2 is 1.91 bits per heavy atom. The van der Waals surface area contributed by atoms with Crippen LogP contribution in [0.15, 0.2) is 48.7 Å². The summed E-state index contributed by atoms with van der Waals surface area (Å²) >= 11 is 0. The molecule has 0 aliphatic heterocycles. The number of nitrogens with zero attached hydrogens (tertiary/aromatic N) is 2. The maximum atomic E-state index is 13.0. The molecule has 0 N–H and O–H groups in total. The van der Waals surface area contributed by atoms with Gasteiger partial charge < -0.3 is 0 Å². The van der Waals surface area contributed by atoms with Crippen molar-refractivity contribution in [1.29, 1.82) is 0 Å². The molecule has 0 aliphatic rings. The maximum absolute atomic E-state index is 13.0. The van der Waals surface area contributed by atoms with Crippen molar-refractivity contribution >= 4 is 5.91 Å². The van der Waals surface area contributed by atoms with E-state index in [1.807, 2.05) is 30.3 Å². The minimum absolute atomic E-state index is 0.149. The molecule has 0 unspecified atom stereocenters. The van der Waals surface area contributed by atoms with Gasteiger partial charge in [0.2, 0.25) is 0 Å². The first-order valence-electron chi connectivity index (χ1n) is 7.19. The molecule has 0 saturated heterocycles. The largest absolute Gasteiger partial charge is 0.281 e. The van der Waals surface area contributed by atoms with E-state index in [1.54, 1.807) is 6.92 Å². The van der Waals surface area contributed by atoms with Gasteiger partial charge in [0.25, 0.3) is 12.3 Å². The van der Waals surface area contributed by atoms with Crippen molar-refractivity contribution in [2.75, 3.05) is 7.11 Å². The fraction of sp³-hybridized carbons (Fsp3) is 0.294. The third kappa shape index (κ3) is 4.10. The fourth-order valence-electron chi connectivity index (χ4n) is 2.39. The zero-order valence-electron chi connectivity index (χ0n) is 12.9. The Morgan fingerprint density at radius 3 is 2.52 bits per heavy atom. The first-order chi connectivity index (χ1) is 11.0. The van der Waals surface area contributed by atoms with E-state index in [0.717, 1.165) is 10.6 Å². The Bertz CT molecular complexity index is 650. The van der Waals surface area contributed by atoms with Crippen molar-refractivity contribution < 1.29 is 18.4 Å². The molecule has 1 aromatic carbocycles. The highest BCUT2D eigenvalue weighted by atomic mass is 19.3. The average molecular weight is 320 g/mol. The normalized spacial score (nSPS) is 12.2. The first-order valence-corrected chi connectivity index (χ1v) is 7.19. The van der Waals surface area contributed by atoms with Gasteiger partial charge in [-0.15, -0.1) is 0 Å². The van der Waals surface area contributed by atoms with Crippen LogP contribution in [-0.2, 0) is 11.3 Å². The molecular weight excluding hydrogens is 302 g/mol. The van der Waals surface area contributed by atoms with Gasteiger partial charge >= 0.3 is 0 Å². The van der Waals surface area contributed by atoms with Crippen molar-refractivity contribution in [3.8, 4) is 0 Å². The number of carbonyl (C=O) groups excluding carboxylic acids is 1. The first kappa shape index (κ1) is 17.0. The summed E-state index contributed by atoms with van der Waals surface area (Å²) in [4.78, 5) is 21.3. The summed E-state index contributed by atoms with van der Waals surface area (Å²) in [5.74, 6) is -0.626. The topological polar surface area (TPSA) is 42.4 Å². The average Bonchev–Trinajstić information content (AvgIpc) is 2.56. The van der Waals surface area contributed by atoms with Crippen LogP contribution in [0.1, 0.15) is 35.0 Å². The predicted octanol–water partition coefficient (Wildman–Crippen LogP) is 3.65. The molecule has 6 heteroatoms. The second kappa shape index (κ2) is 7.78. The number of hydrogen-bond acceptors (Lipinski definition) is 3. The van der Waals surface area contributed by atoms with Gasteiger partial charge in [0.1, 0.15) is 5.69 Å². The summed E-state index contributed by atoms with van der Waals surface area (Å²) in [6.45, 7) is 1.80. The second-order valence-corrected chi connectivity index (χ2v) is 5.09. The van der Waals surface area contributed by atoms with E-state index in [-0.39, 0.29) is 11.6 Å². The van der Waals surface area contributed by atoms with Gasteiger partial charge in [0, 0.05) is 6.20 Å². The molecule has 0 bridgehead atoms. The Kier molecular flexibility index (Phi) is 5.76. The number of rotatable bonds is 6. The molecule has 0 saturated carbocycles. The highest BCUT2D eigenvalue weighted by molar-refractivity contribution is 5.94. The van der Waals surface area contributed by atoms with Crippen molar-refractivity contribution in [1.82, 2.24) is 10.0 Å². The molecule has 4 nitrogen and oxygen atoms in total. The second-order valence-electron chi connectivity index (χ2n) is 5.09. The van der Waals surface area contributed by atoms with Crippen LogP contribution in [0.2, 0.25) is 0 Å². The van der Waals surface area contributed by atoms with Crippen LogP contribution in [0, 0.1) is 0 Å². The smallest absolute Gasteiger partial charge is 0.274 e. The van der Waals surface area contributed by atoms with Gasteiger partial charge in [0.15, 0.2) is 0 Å². The molecule has 0 fully saturated rings. The fourth-order valence-corrected chi connectivity index (χ4v) is 2.39. The van der Waals surface area contributed by atoms with E-state index in [4.69, 9.17) is 4.84 Å². The maximum Gasteiger partial charge on any atom is 0.281 e. The van der Waals surface area contributed by atoms with Crippen LogP contribution in [0.3, 0.4) is 0 Å². The molecule has 1 heterocycles. The number of aromatic nitrogens is 1. The van der Waals surface area contributed by atoms with E-state index >= 15 is 0 Å². The number of amides is 1. The molecule has 2 rings (SSSR count). The highest BCUT2D eigenvalue weighted by Gasteiger charge is 2.27. The molecule has 0 spiro atoms. The number of alkyl halides is 2. The molecule has 122 valence electrons. The number of halogens is 2. The molecule has 0 radical (unpaired) electrons. The van der Waals surface area contributed by atoms with Crippen molar-refractivity contribution in [3.05, 3.63) is 65.5 Å². The lowest BCUT2D eigenvalue weighted by Gasteiger charge is -2.27. The highest BCUT2D eigenvalue weighted by Crippen LogP contribution is 2.22. The summed E-state index contributed by atoms with van der Waals surface area (Å²) in [6.07, 6.45) is -1.04. The summed E-state index contributed by atoms with van der Waals surface area (Å²) in [7, 11) is 1.35. The van der Waals surface area contributed by atoms with E-state index in [9.17, 15) is 13.6 Å². The van der Waals surface area contributed by atoms with Gasteiger partial charge in [0.05, 0.1) is 18.7 Å². The van der Waals surface area contributed by atoms with Gasteiger partial charge in [-0.3, -0.25) is 14.6 Å². The lowest BCUT2D eigenvalue weighted by Crippen LogP contribution is -2.39. The molecule has 2 aromatic rings. The van der Waals surface area contributed by atoms with Crippen molar-refractivity contribution in [3.63, 3.8) is 0 Å². The van der Waals surface area contributed by atoms with Crippen LogP contribution in [0.4, 0.5) is 8.78 Å². The van der Waals surface area contributed by atoms with Crippen molar-refractivity contribution in [2.24, 2.45) is 0 Å². The Labute approximate surface area is 133 Å². The monoisotopic (exact) mass is 320 g/mol. The van der Waals surface area contributed by atoms with Gasteiger partial charge in [-0.2, -0.15) is 0 Å². The molecule has 1 aromatic heterocycles. The van der Waals surface area contributed by atoms with Gasteiger partial charge in [-0.25, -0.2) is 13.8 Å². The van der Waals surface area contributed by atoms with Crippen molar-refractivity contribution in [2.45, 2.75) is 25.8 Å². The Morgan fingerprint density at radius 1 is 1.22 bits per heavy atom. The van der Waals surface area contributed by atoms with Gasteiger partial charge in [-0.1, -0.05) is 30.3 Å². The lowest BCUT2D eigenvalue weighted by atomic mass is 10.1. The number of hydroxylamine groups is 2. The summed E-state index contributed by atoms with van der Waals surface area (Å²) in [5, 5.41) is 1.11. The van der Waals surface area contributed by atoms with E-state index in [2.05, 4.69) is 4.98 Å². The van der Waals surface area contributed by atoms with E-state index < -0.39 is 18.0 Å². The molecular formula is C17H18F2N2O2. The Balaban J connectivity index is 2.21. The number of pyridine rings is 1. The van der Waals surface area contributed by atoms with E-state index in [0.29, 0.717) is 6.42 Å². The minimum Gasteiger partial charge on any atom is -0.274 e. The number of benzene rings is 1. The minimum atomic E-state index is -2.82. The summed E-state index contributed by atoms with van der Waals surface area (Å²) in [5.41, 5.74) is 0.339. The van der Waals surface area contributed by atoms with Crippen LogP contribution in [-0.4, -0.2) is 29.1 Å². The zero-order chi connectivity index (χ0) is 16.8. The molecule has 23 heavy (non-hydrogen) atoms. The van der Waals surface area contributed by atoms with Crippen LogP contribution in [0.25, 0.3) is 0 Å². The summed E-state index contributed by atoms with van der Waals surface area (Å²) < 4.78 is 26.1. The third-order valence-electron chi connectivity index (χ3n) is 3.45. The summed E-state index contributed by atoms with van der Waals surface area (Å²) in [6, 6.07) is 12.0. The van der Waals surface area contributed by atoms with Crippen LogP contribution in [0.5, 0.6) is 0 Å². The molecule has 0 aliphatic carbocycles. The van der Waals surface area contributed by atoms with E-state index in [1.165, 1.54) is 25.4 Å². The predicted molar refractivity (Wildman–Crippen MR) is 82.0 cm³/mol. The molecule has 1 amide bonds. The Hall–Kier alpha value is -2.34. The zero-order valence-corrected chi connectivity index (χ0v) is 12.9. The quantitative estimate of drug-likeness (QED) is 0.763. The lowest BCUT2D eigenvalue weighted by molar-refractivity contribution is -0.119.